The highest BCUT2D eigenvalue weighted by molar-refractivity contribution is 5.97. The van der Waals surface area contributed by atoms with Crippen LogP contribution >= 0.6 is 0 Å². The molecule has 0 saturated carbocycles. The van der Waals surface area contributed by atoms with Crippen molar-refractivity contribution in [2.45, 2.75) is 6.92 Å². The molecule has 3 heterocycles. The minimum Gasteiger partial charge on any atom is -0.397 e. The number of anilines is 2. The number of hydrogen-bond acceptors (Lipinski definition) is 5. The van der Waals surface area contributed by atoms with E-state index in [1.54, 1.807) is 6.92 Å². The van der Waals surface area contributed by atoms with Crippen LogP contribution in [-0.4, -0.2) is 51.9 Å². The normalized spacial score (nSPS) is 14.6. The first-order chi connectivity index (χ1) is 14.5. The molecule has 1 saturated heterocycles. The van der Waals surface area contributed by atoms with Gasteiger partial charge in [0.1, 0.15) is 11.4 Å². The number of H-pyrrole nitrogens is 2. The van der Waals surface area contributed by atoms with Crippen LogP contribution in [0.3, 0.4) is 0 Å². The van der Waals surface area contributed by atoms with E-state index in [4.69, 9.17) is 5.73 Å². The van der Waals surface area contributed by atoms with Gasteiger partial charge in [0.05, 0.1) is 22.2 Å². The Bertz CT molecular complexity index is 1330. The van der Waals surface area contributed by atoms with Crippen LogP contribution in [0.15, 0.2) is 47.3 Å². The number of fused-ring (bicyclic) bond motifs is 2. The molecular formula is C22H22N6O2. The van der Waals surface area contributed by atoms with Gasteiger partial charge in [-0.3, -0.25) is 9.59 Å². The second kappa shape index (κ2) is 6.91. The average Bonchev–Trinajstić information content (AvgIpc) is 3.16. The van der Waals surface area contributed by atoms with Crippen molar-refractivity contribution in [1.82, 2.24) is 19.9 Å². The summed E-state index contributed by atoms with van der Waals surface area (Å²) in [6.45, 7) is 4.59. The lowest BCUT2D eigenvalue weighted by Crippen LogP contribution is -2.48. The van der Waals surface area contributed by atoms with Gasteiger partial charge in [0, 0.05) is 44.2 Å². The molecule has 2 aromatic heterocycles. The molecule has 0 spiro atoms. The number of amides is 1. The summed E-state index contributed by atoms with van der Waals surface area (Å²) in [5.74, 6) is 0.564. The molecule has 152 valence electrons. The summed E-state index contributed by atoms with van der Waals surface area (Å²) in [6.07, 6.45) is 0. The Labute approximate surface area is 172 Å². The molecule has 8 heteroatoms. The van der Waals surface area contributed by atoms with Crippen LogP contribution in [0.4, 0.5) is 11.4 Å². The molecule has 0 atom stereocenters. The summed E-state index contributed by atoms with van der Waals surface area (Å²) < 4.78 is 0. The van der Waals surface area contributed by atoms with Gasteiger partial charge in [-0.05, 0) is 24.3 Å². The van der Waals surface area contributed by atoms with Crippen LogP contribution in [0.5, 0.6) is 0 Å². The van der Waals surface area contributed by atoms with Crippen molar-refractivity contribution in [2.24, 2.45) is 0 Å². The maximum absolute atomic E-state index is 12.7. The Morgan fingerprint density at radius 2 is 1.80 bits per heavy atom. The SMILES string of the molecule is CC(=O)N1CCN(c2ccc3nc(-c4c(N)c5ccccc5[nH]c4=O)[nH]c3c2)CC1. The van der Waals surface area contributed by atoms with Crippen molar-refractivity contribution in [1.29, 1.82) is 0 Å². The first-order valence-electron chi connectivity index (χ1n) is 9.92. The molecule has 1 amide bonds. The van der Waals surface area contributed by atoms with Gasteiger partial charge >= 0.3 is 0 Å². The zero-order valence-corrected chi connectivity index (χ0v) is 16.6. The number of nitrogen functional groups attached to an aromatic ring is 1. The fourth-order valence-corrected chi connectivity index (χ4v) is 4.10. The number of carbonyl (C=O) groups excluding carboxylic acids is 1. The third kappa shape index (κ3) is 2.97. The van der Waals surface area contributed by atoms with Gasteiger partial charge < -0.3 is 25.5 Å². The molecule has 0 radical (unpaired) electrons. The topological polar surface area (TPSA) is 111 Å². The van der Waals surface area contributed by atoms with E-state index in [2.05, 4.69) is 19.9 Å². The molecule has 8 nitrogen and oxygen atoms in total. The Kier molecular flexibility index (Phi) is 4.20. The van der Waals surface area contributed by atoms with Crippen molar-refractivity contribution in [3.8, 4) is 11.4 Å². The number of imidazole rings is 1. The Hall–Kier alpha value is -3.81. The lowest BCUT2D eigenvalue weighted by atomic mass is 10.1. The standard InChI is InChI=1S/C22H22N6O2/c1-13(29)27-8-10-28(11-9-27)14-6-7-17-18(12-14)25-21(24-17)19-20(23)15-4-2-3-5-16(15)26-22(19)30/h2-7,12H,8-11H2,1H3,(H,24,25)(H3,23,26,30). The number of aromatic nitrogens is 3. The number of para-hydroxylation sites is 1. The molecule has 1 aliphatic rings. The number of pyridine rings is 1. The predicted octanol–water partition coefficient (Wildman–Crippen LogP) is 2.32. The summed E-state index contributed by atoms with van der Waals surface area (Å²) in [6, 6.07) is 13.4. The molecule has 4 aromatic rings. The Balaban J connectivity index is 1.52. The maximum atomic E-state index is 12.7. The van der Waals surface area contributed by atoms with E-state index in [9.17, 15) is 9.59 Å². The quantitative estimate of drug-likeness (QED) is 0.477. The number of aromatic amines is 2. The van der Waals surface area contributed by atoms with Crippen LogP contribution in [-0.2, 0) is 4.79 Å². The number of nitrogens with zero attached hydrogens (tertiary/aromatic N) is 3. The minimum atomic E-state index is -0.272. The fraction of sp³-hybridized carbons (Fsp3) is 0.227. The number of nitrogens with one attached hydrogen (secondary N) is 2. The summed E-state index contributed by atoms with van der Waals surface area (Å²) in [5.41, 5.74) is 10.2. The number of nitrogens with two attached hydrogens (primary N) is 1. The van der Waals surface area contributed by atoms with Gasteiger partial charge in [0.2, 0.25) is 5.91 Å². The summed E-state index contributed by atoms with van der Waals surface area (Å²) in [4.78, 5) is 39.1. The predicted molar refractivity (Wildman–Crippen MR) is 119 cm³/mol. The highest BCUT2D eigenvalue weighted by Gasteiger charge is 2.20. The van der Waals surface area contributed by atoms with E-state index in [1.165, 1.54) is 0 Å². The Morgan fingerprint density at radius 3 is 2.57 bits per heavy atom. The lowest BCUT2D eigenvalue weighted by molar-refractivity contribution is -0.129. The number of benzene rings is 2. The zero-order valence-electron chi connectivity index (χ0n) is 16.6. The molecule has 1 aliphatic heterocycles. The molecule has 30 heavy (non-hydrogen) atoms. The van der Waals surface area contributed by atoms with Gasteiger partial charge in [0.25, 0.3) is 5.56 Å². The molecule has 0 aliphatic carbocycles. The second-order valence-corrected chi connectivity index (χ2v) is 7.57. The van der Waals surface area contributed by atoms with Crippen LogP contribution in [0.2, 0.25) is 0 Å². The molecule has 4 N–H and O–H groups in total. The molecular weight excluding hydrogens is 380 g/mol. The average molecular weight is 402 g/mol. The summed E-state index contributed by atoms with van der Waals surface area (Å²) in [5, 5.41) is 0.789. The van der Waals surface area contributed by atoms with Crippen LogP contribution < -0.4 is 16.2 Å². The fourth-order valence-electron chi connectivity index (χ4n) is 4.10. The smallest absolute Gasteiger partial charge is 0.261 e. The van der Waals surface area contributed by atoms with E-state index in [0.29, 0.717) is 35.7 Å². The number of carbonyl (C=O) groups is 1. The molecule has 0 bridgehead atoms. The van der Waals surface area contributed by atoms with E-state index < -0.39 is 0 Å². The largest absolute Gasteiger partial charge is 0.397 e. The van der Waals surface area contributed by atoms with Gasteiger partial charge in [0.15, 0.2) is 0 Å². The third-order valence-corrected chi connectivity index (χ3v) is 5.75. The summed E-state index contributed by atoms with van der Waals surface area (Å²) in [7, 11) is 0. The van der Waals surface area contributed by atoms with Crippen molar-refractivity contribution in [2.75, 3.05) is 36.8 Å². The number of hydrogen-bond donors (Lipinski definition) is 3. The first kappa shape index (κ1) is 18.2. The van der Waals surface area contributed by atoms with E-state index >= 15 is 0 Å². The van der Waals surface area contributed by atoms with Crippen molar-refractivity contribution in [3.63, 3.8) is 0 Å². The van der Waals surface area contributed by atoms with Gasteiger partial charge in [-0.15, -0.1) is 0 Å². The summed E-state index contributed by atoms with van der Waals surface area (Å²) >= 11 is 0. The van der Waals surface area contributed by atoms with Crippen molar-refractivity contribution >= 4 is 39.2 Å². The Morgan fingerprint density at radius 1 is 1.03 bits per heavy atom. The number of rotatable bonds is 2. The third-order valence-electron chi connectivity index (χ3n) is 5.75. The highest BCUT2D eigenvalue weighted by atomic mass is 16.2. The van der Waals surface area contributed by atoms with Crippen molar-refractivity contribution in [3.05, 3.63) is 52.8 Å². The van der Waals surface area contributed by atoms with Crippen LogP contribution in [0.1, 0.15) is 6.92 Å². The van der Waals surface area contributed by atoms with E-state index in [0.717, 1.165) is 35.2 Å². The lowest BCUT2D eigenvalue weighted by Gasteiger charge is -2.35. The molecule has 0 unspecified atom stereocenters. The van der Waals surface area contributed by atoms with Gasteiger partial charge in [-0.25, -0.2) is 4.98 Å². The second-order valence-electron chi connectivity index (χ2n) is 7.57. The van der Waals surface area contributed by atoms with Gasteiger partial charge in [-0.1, -0.05) is 18.2 Å². The maximum Gasteiger partial charge on any atom is 0.261 e. The highest BCUT2D eigenvalue weighted by Crippen LogP contribution is 2.29. The van der Waals surface area contributed by atoms with E-state index in [-0.39, 0.29) is 11.5 Å². The zero-order chi connectivity index (χ0) is 20.8. The van der Waals surface area contributed by atoms with Crippen LogP contribution in [0, 0.1) is 0 Å². The molecule has 1 fully saturated rings. The number of piperazine rings is 1. The van der Waals surface area contributed by atoms with Crippen LogP contribution in [0.25, 0.3) is 33.3 Å². The monoisotopic (exact) mass is 402 g/mol. The minimum absolute atomic E-state index is 0.113. The molecule has 5 rings (SSSR count). The van der Waals surface area contributed by atoms with E-state index in [1.807, 2.05) is 47.4 Å². The first-order valence-corrected chi connectivity index (χ1v) is 9.92. The van der Waals surface area contributed by atoms with Crippen molar-refractivity contribution < 1.29 is 4.79 Å². The molecule has 2 aromatic carbocycles. The van der Waals surface area contributed by atoms with Gasteiger partial charge in [-0.2, -0.15) is 0 Å².